The van der Waals surface area contributed by atoms with Crippen LogP contribution in [0.2, 0.25) is 0 Å². The lowest BCUT2D eigenvalue weighted by Crippen LogP contribution is -2.36. The third-order valence-corrected chi connectivity index (χ3v) is 5.22. The molecule has 2 aliphatic heterocycles. The zero-order valence-electron chi connectivity index (χ0n) is 12.2. The highest BCUT2D eigenvalue weighted by Gasteiger charge is 2.35. The number of nitrogens with one attached hydrogen (secondary N) is 1. The van der Waals surface area contributed by atoms with Gasteiger partial charge in [0.15, 0.2) is 0 Å². The molecular formula is C15H15F3N2O2S. The van der Waals surface area contributed by atoms with Crippen molar-refractivity contribution in [2.45, 2.75) is 35.6 Å². The van der Waals surface area contributed by atoms with Crippen molar-refractivity contribution in [2.24, 2.45) is 0 Å². The third-order valence-electron chi connectivity index (χ3n) is 3.95. The third kappa shape index (κ3) is 3.46. The molecule has 2 heterocycles. The summed E-state index contributed by atoms with van der Waals surface area (Å²) in [5.74, 6) is -0.500. The van der Waals surface area contributed by atoms with Crippen molar-refractivity contribution in [1.29, 1.82) is 0 Å². The molecule has 1 saturated heterocycles. The number of thioether (sulfide) groups is 1. The van der Waals surface area contributed by atoms with E-state index >= 15 is 0 Å². The van der Waals surface area contributed by atoms with E-state index in [9.17, 15) is 22.8 Å². The molecule has 0 spiro atoms. The Morgan fingerprint density at radius 1 is 1.30 bits per heavy atom. The molecule has 0 aromatic heterocycles. The standard InChI is InChI=1S/C15H15F3N2O2S/c16-15(17,18)9-3-4-11-10(7-9)19-14(22)12(23-11)8-13(21)20-5-1-2-6-20/h3-4,7,12H,1-2,5-6,8H2,(H,19,22)/t12-/m0/s1. The molecule has 1 fully saturated rings. The van der Waals surface area contributed by atoms with E-state index in [1.807, 2.05) is 0 Å². The number of benzene rings is 1. The number of halogens is 3. The number of nitrogens with zero attached hydrogens (tertiary/aromatic N) is 1. The first-order chi connectivity index (χ1) is 10.8. The second-order valence-corrected chi connectivity index (χ2v) is 6.84. The molecule has 2 aliphatic rings. The quantitative estimate of drug-likeness (QED) is 0.897. The summed E-state index contributed by atoms with van der Waals surface area (Å²) in [5, 5.41) is 1.88. The maximum atomic E-state index is 12.7. The minimum absolute atomic E-state index is 0.0664. The van der Waals surface area contributed by atoms with Crippen molar-refractivity contribution < 1.29 is 22.8 Å². The molecule has 1 N–H and O–H groups in total. The number of anilines is 1. The Kier molecular flexibility index (Phi) is 4.27. The maximum absolute atomic E-state index is 12.7. The Hall–Kier alpha value is -1.70. The van der Waals surface area contributed by atoms with Crippen LogP contribution >= 0.6 is 11.8 Å². The normalized spacial score (nSPS) is 21.1. The fourth-order valence-electron chi connectivity index (χ4n) is 2.72. The Morgan fingerprint density at radius 2 is 2.00 bits per heavy atom. The number of rotatable bonds is 2. The minimum Gasteiger partial charge on any atom is -0.343 e. The monoisotopic (exact) mass is 344 g/mol. The number of amides is 2. The summed E-state index contributed by atoms with van der Waals surface area (Å²) in [4.78, 5) is 26.5. The predicted molar refractivity (Wildman–Crippen MR) is 80.1 cm³/mol. The van der Waals surface area contributed by atoms with Crippen LogP contribution in [0.5, 0.6) is 0 Å². The van der Waals surface area contributed by atoms with Gasteiger partial charge in [-0.05, 0) is 31.0 Å². The van der Waals surface area contributed by atoms with Crippen LogP contribution in [0.4, 0.5) is 18.9 Å². The van der Waals surface area contributed by atoms with Crippen LogP contribution in [0.3, 0.4) is 0 Å². The first kappa shape index (κ1) is 16.2. The Morgan fingerprint density at radius 3 is 2.65 bits per heavy atom. The van der Waals surface area contributed by atoms with Gasteiger partial charge >= 0.3 is 6.18 Å². The summed E-state index contributed by atoms with van der Waals surface area (Å²) in [7, 11) is 0. The van der Waals surface area contributed by atoms with Crippen molar-refractivity contribution in [3.8, 4) is 0 Å². The van der Waals surface area contributed by atoms with Gasteiger partial charge in [0.2, 0.25) is 11.8 Å². The largest absolute Gasteiger partial charge is 0.416 e. The average molecular weight is 344 g/mol. The van der Waals surface area contributed by atoms with Crippen LogP contribution in [-0.2, 0) is 15.8 Å². The summed E-state index contributed by atoms with van der Waals surface area (Å²) in [6, 6.07) is 3.26. The molecular weight excluding hydrogens is 329 g/mol. The first-order valence-corrected chi connectivity index (χ1v) is 8.19. The highest BCUT2D eigenvalue weighted by Crippen LogP contribution is 2.40. The summed E-state index contributed by atoms with van der Waals surface area (Å²) < 4.78 is 38.1. The summed E-state index contributed by atoms with van der Waals surface area (Å²) >= 11 is 1.14. The molecule has 0 radical (unpaired) electrons. The molecule has 1 aromatic rings. The van der Waals surface area contributed by atoms with Crippen LogP contribution < -0.4 is 5.32 Å². The smallest absolute Gasteiger partial charge is 0.343 e. The van der Waals surface area contributed by atoms with Gasteiger partial charge in [0, 0.05) is 24.4 Å². The number of carbonyl (C=O) groups excluding carboxylic acids is 2. The van der Waals surface area contributed by atoms with E-state index in [0.717, 1.165) is 36.7 Å². The van der Waals surface area contributed by atoms with Crippen molar-refractivity contribution >= 4 is 29.3 Å². The molecule has 2 amide bonds. The molecule has 3 rings (SSSR count). The molecule has 0 aliphatic carbocycles. The Bertz CT molecular complexity index is 642. The Labute approximate surface area is 135 Å². The topological polar surface area (TPSA) is 49.4 Å². The fraction of sp³-hybridized carbons (Fsp3) is 0.467. The molecule has 23 heavy (non-hydrogen) atoms. The van der Waals surface area contributed by atoms with Crippen LogP contribution in [0, 0.1) is 0 Å². The molecule has 124 valence electrons. The number of alkyl halides is 3. The number of hydrogen-bond acceptors (Lipinski definition) is 3. The van der Waals surface area contributed by atoms with Crippen LogP contribution in [0.1, 0.15) is 24.8 Å². The molecule has 1 atom stereocenters. The molecule has 0 unspecified atom stereocenters. The van der Waals surface area contributed by atoms with Gasteiger partial charge in [0.05, 0.1) is 16.5 Å². The van der Waals surface area contributed by atoms with E-state index < -0.39 is 22.9 Å². The van der Waals surface area contributed by atoms with Gasteiger partial charge < -0.3 is 10.2 Å². The van der Waals surface area contributed by atoms with Gasteiger partial charge in [-0.1, -0.05) is 0 Å². The summed E-state index contributed by atoms with van der Waals surface area (Å²) in [6.07, 6.45) is -2.44. The maximum Gasteiger partial charge on any atom is 0.416 e. The number of fused-ring (bicyclic) bond motifs is 1. The molecule has 8 heteroatoms. The minimum atomic E-state index is -4.45. The van der Waals surface area contributed by atoms with Crippen LogP contribution in [0.15, 0.2) is 23.1 Å². The fourth-order valence-corrected chi connectivity index (χ4v) is 3.80. The highest BCUT2D eigenvalue weighted by atomic mass is 32.2. The summed E-state index contributed by atoms with van der Waals surface area (Å²) in [5.41, 5.74) is -0.650. The molecule has 4 nitrogen and oxygen atoms in total. The number of carbonyl (C=O) groups is 2. The lowest BCUT2D eigenvalue weighted by Gasteiger charge is -2.26. The van der Waals surface area contributed by atoms with Gasteiger partial charge in [0.1, 0.15) is 0 Å². The van der Waals surface area contributed by atoms with Crippen LogP contribution in [0.25, 0.3) is 0 Å². The van der Waals surface area contributed by atoms with E-state index in [-0.39, 0.29) is 18.0 Å². The van der Waals surface area contributed by atoms with Crippen molar-refractivity contribution in [1.82, 2.24) is 4.90 Å². The van der Waals surface area contributed by atoms with Gasteiger partial charge in [-0.3, -0.25) is 9.59 Å². The molecule has 1 aromatic carbocycles. The van der Waals surface area contributed by atoms with Gasteiger partial charge in [-0.15, -0.1) is 11.8 Å². The van der Waals surface area contributed by atoms with E-state index in [1.165, 1.54) is 6.07 Å². The number of hydrogen-bond donors (Lipinski definition) is 1. The second kappa shape index (κ2) is 6.07. The first-order valence-electron chi connectivity index (χ1n) is 7.31. The van der Waals surface area contributed by atoms with Gasteiger partial charge in [-0.2, -0.15) is 13.2 Å². The van der Waals surface area contributed by atoms with Crippen molar-refractivity contribution in [2.75, 3.05) is 18.4 Å². The van der Waals surface area contributed by atoms with Gasteiger partial charge in [0.25, 0.3) is 0 Å². The van der Waals surface area contributed by atoms with Gasteiger partial charge in [-0.25, -0.2) is 0 Å². The molecule has 0 saturated carbocycles. The van der Waals surface area contributed by atoms with E-state index in [4.69, 9.17) is 0 Å². The zero-order chi connectivity index (χ0) is 16.6. The van der Waals surface area contributed by atoms with Crippen molar-refractivity contribution in [3.63, 3.8) is 0 Å². The SMILES string of the molecule is O=C1Nc2cc(C(F)(F)F)ccc2S[C@H]1CC(=O)N1CCCC1. The van der Waals surface area contributed by atoms with E-state index in [0.29, 0.717) is 18.0 Å². The summed E-state index contributed by atoms with van der Waals surface area (Å²) in [6.45, 7) is 1.42. The average Bonchev–Trinajstić information content (AvgIpc) is 3.00. The highest BCUT2D eigenvalue weighted by molar-refractivity contribution is 8.01. The molecule has 0 bridgehead atoms. The predicted octanol–water partition coefficient (Wildman–Crippen LogP) is 3.13. The zero-order valence-corrected chi connectivity index (χ0v) is 13.0. The van der Waals surface area contributed by atoms with E-state index in [2.05, 4.69) is 5.32 Å². The number of likely N-dealkylation sites (tertiary alicyclic amines) is 1. The van der Waals surface area contributed by atoms with Crippen LogP contribution in [-0.4, -0.2) is 35.1 Å². The lowest BCUT2D eigenvalue weighted by atomic mass is 10.1. The second-order valence-electron chi connectivity index (χ2n) is 5.60. The lowest BCUT2D eigenvalue weighted by molar-refractivity contribution is -0.137. The Balaban J connectivity index is 1.73. The van der Waals surface area contributed by atoms with Crippen molar-refractivity contribution in [3.05, 3.63) is 23.8 Å². The van der Waals surface area contributed by atoms with E-state index in [1.54, 1.807) is 4.90 Å².